The molecule has 0 unspecified atom stereocenters. The lowest BCUT2D eigenvalue weighted by Crippen LogP contribution is -2.46. The van der Waals surface area contributed by atoms with E-state index in [0.29, 0.717) is 21.3 Å². The van der Waals surface area contributed by atoms with E-state index >= 15 is 0 Å². The highest BCUT2D eigenvalue weighted by Crippen LogP contribution is 2.42. The van der Waals surface area contributed by atoms with Gasteiger partial charge < -0.3 is 30.3 Å². The number of thiophene rings is 1. The number of halogens is 3. The van der Waals surface area contributed by atoms with Crippen LogP contribution in [0.5, 0.6) is 0 Å². The quantitative estimate of drug-likeness (QED) is 0.153. The van der Waals surface area contributed by atoms with Gasteiger partial charge in [-0.05, 0) is 92.7 Å². The van der Waals surface area contributed by atoms with Crippen molar-refractivity contribution in [2.75, 3.05) is 6.61 Å². The van der Waals surface area contributed by atoms with Gasteiger partial charge in [0.15, 0.2) is 0 Å². The van der Waals surface area contributed by atoms with Crippen LogP contribution in [-0.4, -0.2) is 74.0 Å². The molecule has 8 atom stereocenters. The van der Waals surface area contributed by atoms with Gasteiger partial charge in [0.25, 0.3) is 0 Å². The van der Waals surface area contributed by atoms with Gasteiger partial charge in [0.2, 0.25) is 0 Å². The number of aliphatic hydroxyl groups is 5. The number of esters is 1. The van der Waals surface area contributed by atoms with E-state index in [-0.39, 0.29) is 23.6 Å². The molecule has 0 bridgehead atoms. The fourth-order valence-electron chi connectivity index (χ4n) is 5.19. The Kier molecular flexibility index (Phi) is 12.8. The van der Waals surface area contributed by atoms with Crippen LogP contribution in [-0.2, 0) is 17.6 Å². The first kappa shape index (κ1) is 32.6. The summed E-state index contributed by atoms with van der Waals surface area (Å²) in [5, 5.41) is 51.1. The minimum absolute atomic E-state index is 0.0814. The molecule has 3 rings (SSSR count). The van der Waals surface area contributed by atoms with E-state index in [9.17, 15) is 30.3 Å². The third-order valence-electron chi connectivity index (χ3n) is 7.43. The standard InChI is InChI=1S/C28H37Cl3O7S/c1-2-22(32)26(35)27(36)24(34)14-38-28(37)25-9-7-18(39-25)4-3-5-19-20(23(33)13-21(19)31)8-6-15-10-16(29)12-17(30)11-15/h7,9-12,19-24,26-27,32-36H,2-6,8,13-14H2,1H3/t19-,20-,21-,22+,23-,24-,26+,27-/m1/s1. The number of aryl methyl sites for hydroxylation is 2. The van der Waals surface area contributed by atoms with Gasteiger partial charge in [0.1, 0.15) is 29.8 Å². The Morgan fingerprint density at radius 3 is 2.33 bits per heavy atom. The van der Waals surface area contributed by atoms with Crippen LogP contribution < -0.4 is 0 Å². The van der Waals surface area contributed by atoms with Crippen molar-refractivity contribution < 1.29 is 35.1 Å². The molecular formula is C28H37Cl3O7S. The summed E-state index contributed by atoms with van der Waals surface area (Å²) in [4.78, 5) is 13.8. The number of aliphatic hydroxyl groups excluding tert-OH is 5. The molecule has 1 aromatic heterocycles. The molecule has 5 N–H and O–H groups in total. The van der Waals surface area contributed by atoms with E-state index in [1.807, 2.05) is 18.2 Å². The smallest absolute Gasteiger partial charge is 0.348 e. The second-order valence-corrected chi connectivity index (χ2v) is 12.8. The molecule has 1 aliphatic rings. The maximum absolute atomic E-state index is 12.4. The Bertz CT molecular complexity index is 1050. The van der Waals surface area contributed by atoms with Crippen LogP contribution in [0.25, 0.3) is 0 Å². The summed E-state index contributed by atoms with van der Waals surface area (Å²) in [5.74, 6) is -0.378. The average Bonchev–Trinajstić information content (AvgIpc) is 3.47. The average molecular weight is 624 g/mol. The van der Waals surface area contributed by atoms with Gasteiger partial charge >= 0.3 is 5.97 Å². The van der Waals surface area contributed by atoms with Crippen LogP contribution in [0.15, 0.2) is 30.3 Å². The molecule has 218 valence electrons. The van der Waals surface area contributed by atoms with Crippen molar-refractivity contribution in [2.24, 2.45) is 11.8 Å². The van der Waals surface area contributed by atoms with Gasteiger partial charge in [-0.2, -0.15) is 0 Å². The van der Waals surface area contributed by atoms with E-state index in [0.717, 1.165) is 42.5 Å². The van der Waals surface area contributed by atoms with E-state index < -0.39 is 43.1 Å². The number of carbonyl (C=O) groups is 1. The van der Waals surface area contributed by atoms with Crippen LogP contribution in [0, 0.1) is 11.8 Å². The van der Waals surface area contributed by atoms with Crippen molar-refractivity contribution in [1.82, 2.24) is 0 Å². The van der Waals surface area contributed by atoms with Crippen molar-refractivity contribution >= 4 is 52.1 Å². The Balaban J connectivity index is 1.46. The highest BCUT2D eigenvalue weighted by Gasteiger charge is 2.40. The first-order valence-electron chi connectivity index (χ1n) is 13.2. The summed E-state index contributed by atoms with van der Waals surface area (Å²) in [6.07, 6.45) is -1.60. The molecule has 7 nitrogen and oxygen atoms in total. The van der Waals surface area contributed by atoms with Crippen molar-refractivity contribution in [3.63, 3.8) is 0 Å². The van der Waals surface area contributed by atoms with Gasteiger partial charge in [0.05, 0.1) is 12.2 Å². The summed E-state index contributed by atoms with van der Waals surface area (Å²) in [5.41, 5.74) is 1.03. The Hall–Kier alpha value is -0.940. The monoisotopic (exact) mass is 622 g/mol. The van der Waals surface area contributed by atoms with Gasteiger partial charge in [-0.25, -0.2) is 4.79 Å². The van der Waals surface area contributed by atoms with Crippen LogP contribution in [0.4, 0.5) is 0 Å². The highest BCUT2D eigenvalue weighted by atomic mass is 35.5. The Morgan fingerprint density at radius 2 is 1.67 bits per heavy atom. The van der Waals surface area contributed by atoms with Crippen molar-refractivity contribution in [1.29, 1.82) is 0 Å². The molecular weight excluding hydrogens is 587 g/mol. The summed E-state index contributed by atoms with van der Waals surface area (Å²) in [6, 6.07) is 9.00. The second-order valence-electron chi connectivity index (χ2n) is 10.2. The lowest BCUT2D eigenvalue weighted by atomic mass is 9.85. The topological polar surface area (TPSA) is 127 Å². The number of hydrogen-bond acceptors (Lipinski definition) is 8. The van der Waals surface area contributed by atoms with Gasteiger partial charge in [-0.15, -0.1) is 22.9 Å². The lowest BCUT2D eigenvalue weighted by Gasteiger charge is -2.25. The molecule has 0 amide bonds. The molecule has 0 spiro atoms. The van der Waals surface area contributed by atoms with Crippen molar-refractivity contribution in [2.45, 2.75) is 87.8 Å². The molecule has 39 heavy (non-hydrogen) atoms. The summed E-state index contributed by atoms with van der Waals surface area (Å²) < 4.78 is 5.10. The molecule has 0 aliphatic heterocycles. The number of rotatable bonds is 14. The highest BCUT2D eigenvalue weighted by molar-refractivity contribution is 7.13. The number of ether oxygens (including phenoxy) is 1. The van der Waals surface area contributed by atoms with Gasteiger partial charge in [-0.3, -0.25) is 0 Å². The normalized spacial score (nSPS) is 24.3. The third-order valence-corrected chi connectivity index (χ3v) is 9.49. The zero-order valence-corrected chi connectivity index (χ0v) is 24.8. The Labute approximate surface area is 248 Å². The number of hydrogen-bond donors (Lipinski definition) is 5. The molecule has 0 radical (unpaired) electrons. The van der Waals surface area contributed by atoms with Gasteiger partial charge in [0, 0.05) is 20.3 Å². The molecule has 0 saturated heterocycles. The third kappa shape index (κ3) is 9.28. The lowest BCUT2D eigenvalue weighted by molar-refractivity contribution is -0.116. The minimum atomic E-state index is -1.64. The molecule has 1 aliphatic carbocycles. The van der Waals surface area contributed by atoms with Crippen molar-refractivity contribution in [3.8, 4) is 0 Å². The molecule has 1 aromatic carbocycles. The van der Waals surface area contributed by atoms with E-state index in [1.165, 1.54) is 11.3 Å². The van der Waals surface area contributed by atoms with Crippen LogP contribution in [0.3, 0.4) is 0 Å². The fraction of sp³-hybridized carbons (Fsp3) is 0.607. The molecule has 11 heteroatoms. The molecule has 2 aromatic rings. The summed E-state index contributed by atoms with van der Waals surface area (Å²) >= 11 is 20.2. The second kappa shape index (κ2) is 15.3. The number of benzene rings is 1. The predicted octanol–water partition coefficient (Wildman–Crippen LogP) is 4.63. The van der Waals surface area contributed by atoms with Gasteiger partial charge in [-0.1, -0.05) is 30.1 Å². The van der Waals surface area contributed by atoms with Crippen LogP contribution >= 0.6 is 46.1 Å². The van der Waals surface area contributed by atoms with E-state index in [4.69, 9.17) is 39.5 Å². The zero-order chi connectivity index (χ0) is 28.7. The first-order chi connectivity index (χ1) is 18.5. The largest absolute Gasteiger partial charge is 0.459 e. The minimum Gasteiger partial charge on any atom is -0.459 e. The van der Waals surface area contributed by atoms with Crippen LogP contribution in [0.1, 0.15) is 59.1 Å². The Morgan fingerprint density at radius 1 is 1.00 bits per heavy atom. The summed E-state index contributed by atoms with van der Waals surface area (Å²) in [7, 11) is 0. The van der Waals surface area contributed by atoms with E-state index in [1.54, 1.807) is 19.1 Å². The molecule has 1 heterocycles. The zero-order valence-electron chi connectivity index (χ0n) is 21.8. The maximum Gasteiger partial charge on any atom is 0.348 e. The molecule has 1 fully saturated rings. The number of alkyl halides is 1. The van der Waals surface area contributed by atoms with E-state index in [2.05, 4.69) is 0 Å². The molecule has 1 saturated carbocycles. The van der Waals surface area contributed by atoms with Crippen LogP contribution in [0.2, 0.25) is 10.0 Å². The SMILES string of the molecule is CC[C@H](O)[C@H](O)[C@H](O)[C@H](O)COC(=O)c1ccc(CCC[C@@H]2[C@@H](CCc3cc(Cl)cc(Cl)c3)[C@H](O)C[C@H]2Cl)s1. The number of carbonyl (C=O) groups excluding carboxylic acids is 1. The summed E-state index contributed by atoms with van der Waals surface area (Å²) in [6.45, 7) is 1.12. The maximum atomic E-state index is 12.4. The predicted molar refractivity (Wildman–Crippen MR) is 154 cm³/mol. The first-order valence-corrected chi connectivity index (χ1v) is 15.3. The van der Waals surface area contributed by atoms with Crippen molar-refractivity contribution in [3.05, 3.63) is 55.7 Å². The fourth-order valence-corrected chi connectivity index (χ4v) is 7.20.